The number of hydrogen-bond acceptors (Lipinski definition) is 4. The standard InChI is InChI=1S/C16H13BrCl2N2O3/c1-23-14-5-2-10(6-12(14)17)8-20-21-16(22)9-24-15-7-11(18)3-4-13(15)19/h2-8H,9H2,1H3,(H,21,22)/b20-8+. The maximum Gasteiger partial charge on any atom is 0.277 e. The third kappa shape index (κ3) is 5.40. The van der Waals surface area contributed by atoms with E-state index in [2.05, 4.69) is 26.5 Å². The summed E-state index contributed by atoms with van der Waals surface area (Å²) in [6, 6.07) is 10.2. The third-order valence-corrected chi connectivity index (χ3v) is 4.00. The van der Waals surface area contributed by atoms with Crippen molar-refractivity contribution in [2.24, 2.45) is 5.10 Å². The number of amides is 1. The lowest BCUT2D eigenvalue weighted by molar-refractivity contribution is -0.123. The number of ether oxygens (including phenoxy) is 2. The Morgan fingerprint density at radius 2 is 2.04 bits per heavy atom. The number of methoxy groups -OCH3 is 1. The van der Waals surface area contributed by atoms with Crippen LogP contribution in [0.3, 0.4) is 0 Å². The van der Waals surface area contributed by atoms with E-state index in [-0.39, 0.29) is 6.61 Å². The van der Waals surface area contributed by atoms with Gasteiger partial charge in [-0.1, -0.05) is 23.2 Å². The molecule has 0 saturated heterocycles. The molecule has 0 radical (unpaired) electrons. The maximum atomic E-state index is 11.7. The van der Waals surface area contributed by atoms with Gasteiger partial charge in [0.05, 0.1) is 22.8 Å². The fourth-order valence-corrected chi connectivity index (χ4v) is 2.60. The molecule has 0 aliphatic rings. The van der Waals surface area contributed by atoms with Gasteiger partial charge in [-0.3, -0.25) is 4.79 Å². The number of carbonyl (C=O) groups excluding carboxylic acids is 1. The number of halogens is 3. The minimum absolute atomic E-state index is 0.232. The smallest absolute Gasteiger partial charge is 0.277 e. The van der Waals surface area contributed by atoms with Gasteiger partial charge in [-0.05, 0) is 51.8 Å². The maximum absolute atomic E-state index is 11.7. The van der Waals surface area contributed by atoms with Crippen LogP contribution in [0, 0.1) is 0 Å². The van der Waals surface area contributed by atoms with Crippen LogP contribution in [0.2, 0.25) is 10.0 Å². The number of carbonyl (C=O) groups is 1. The molecular weight excluding hydrogens is 419 g/mol. The van der Waals surface area contributed by atoms with Crippen molar-refractivity contribution >= 4 is 51.3 Å². The molecule has 2 aromatic rings. The summed E-state index contributed by atoms with van der Waals surface area (Å²) in [5.41, 5.74) is 3.16. The van der Waals surface area contributed by atoms with E-state index in [1.165, 1.54) is 12.3 Å². The van der Waals surface area contributed by atoms with Crippen LogP contribution in [0.5, 0.6) is 11.5 Å². The SMILES string of the molecule is COc1ccc(/C=N/NC(=O)COc2cc(Cl)ccc2Cl)cc1Br. The Morgan fingerprint density at radius 1 is 1.25 bits per heavy atom. The summed E-state index contributed by atoms with van der Waals surface area (Å²) >= 11 is 15.2. The van der Waals surface area contributed by atoms with Gasteiger partial charge in [-0.2, -0.15) is 5.10 Å². The van der Waals surface area contributed by atoms with Crippen LogP contribution >= 0.6 is 39.1 Å². The molecule has 0 aliphatic heterocycles. The molecule has 2 aromatic carbocycles. The number of benzene rings is 2. The molecule has 1 amide bonds. The molecule has 24 heavy (non-hydrogen) atoms. The summed E-state index contributed by atoms with van der Waals surface area (Å²) in [5.74, 6) is 0.625. The Bertz CT molecular complexity index is 769. The summed E-state index contributed by atoms with van der Waals surface area (Å²) < 4.78 is 11.2. The Labute approximate surface area is 157 Å². The first kappa shape index (κ1) is 18.6. The highest BCUT2D eigenvalue weighted by Crippen LogP contribution is 2.27. The van der Waals surface area contributed by atoms with Crippen LogP contribution in [0.25, 0.3) is 0 Å². The van der Waals surface area contributed by atoms with Gasteiger partial charge in [-0.25, -0.2) is 5.43 Å². The van der Waals surface area contributed by atoms with Crippen molar-refractivity contribution in [3.63, 3.8) is 0 Å². The van der Waals surface area contributed by atoms with Crippen molar-refractivity contribution in [2.75, 3.05) is 13.7 Å². The molecule has 0 spiro atoms. The van der Waals surface area contributed by atoms with Crippen LogP contribution in [0.15, 0.2) is 46.0 Å². The number of hydrazone groups is 1. The topological polar surface area (TPSA) is 59.9 Å². The molecule has 0 unspecified atom stereocenters. The summed E-state index contributed by atoms with van der Waals surface area (Å²) in [5, 5.41) is 4.71. The van der Waals surface area contributed by atoms with E-state index in [1.54, 1.807) is 25.3 Å². The highest BCUT2D eigenvalue weighted by atomic mass is 79.9. The highest BCUT2D eigenvalue weighted by molar-refractivity contribution is 9.10. The predicted molar refractivity (Wildman–Crippen MR) is 98.4 cm³/mol. The lowest BCUT2D eigenvalue weighted by atomic mass is 10.2. The second-order valence-electron chi connectivity index (χ2n) is 4.55. The minimum atomic E-state index is -0.421. The lowest BCUT2D eigenvalue weighted by Gasteiger charge is -2.07. The average Bonchev–Trinajstić information content (AvgIpc) is 2.56. The Hall–Kier alpha value is -1.76. The van der Waals surface area contributed by atoms with Gasteiger partial charge >= 0.3 is 0 Å². The molecule has 126 valence electrons. The fraction of sp³-hybridized carbons (Fsp3) is 0.125. The van der Waals surface area contributed by atoms with E-state index < -0.39 is 5.91 Å². The molecule has 8 heteroatoms. The summed E-state index contributed by atoms with van der Waals surface area (Å²) in [6.07, 6.45) is 1.51. The van der Waals surface area contributed by atoms with Crippen molar-refractivity contribution in [1.29, 1.82) is 0 Å². The Kier molecular flexibility index (Phi) is 6.90. The van der Waals surface area contributed by atoms with E-state index in [4.69, 9.17) is 32.7 Å². The van der Waals surface area contributed by atoms with E-state index in [0.29, 0.717) is 21.5 Å². The molecule has 0 aromatic heterocycles. The molecule has 0 atom stereocenters. The first-order valence-electron chi connectivity index (χ1n) is 6.73. The lowest BCUT2D eigenvalue weighted by Crippen LogP contribution is -2.24. The number of nitrogens with zero attached hydrogens (tertiary/aromatic N) is 1. The van der Waals surface area contributed by atoms with Crippen LogP contribution in [-0.4, -0.2) is 25.8 Å². The van der Waals surface area contributed by atoms with Crippen molar-refractivity contribution in [3.8, 4) is 11.5 Å². The largest absolute Gasteiger partial charge is 0.496 e. The summed E-state index contributed by atoms with van der Waals surface area (Å²) in [6.45, 7) is -0.232. The molecule has 0 saturated carbocycles. The summed E-state index contributed by atoms with van der Waals surface area (Å²) in [4.78, 5) is 11.7. The van der Waals surface area contributed by atoms with Crippen LogP contribution < -0.4 is 14.9 Å². The quantitative estimate of drug-likeness (QED) is 0.548. The molecule has 0 bridgehead atoms. The molecule has 1 N–H and O–H groups in total. The second kappa shape index (κ2) is 8.92. The molecule has 0 heterocycles. The third-order valence-electron chi connectivity index (χ3n) is 2.83. The average molecular weight is 432 g/mol. The molecule has 0 fully saturated rings. The molecule has 0 aliphatic carbocycles. The molecule has 2 rings (SSSR count). The van der Waals surface area contributed by atoms with E-state index in [0.717, 1.165) is 10.0 Å². The number of hydrogen-bond donors (Lipinski definition) is 1. The van der Waals surface area contributed by atoms with Crippen LogP contribution in [0.1, 0.15) is 5.56 Å². The van der Waals surface area contributed by atoms with Gasteiger partial charge in [0.15, 0.2) is 6.61 Å². The molecular formula is C16H13BrCl2N2O3. The summed E-state index contributed by atoms with van der Waals surface area (Å²) in [7, 11) is 1.58. The van der Waals surface area contributed by atoms with Gasteiger partial charge in [0, 0.05) is 11.1 Å². The Balaban J connectivity index is 1.86. The van der Waals surface area contributed by atoms with Gasteiger partial charge in [0.2, 0.25) is 0 Å². The van der Waals surface area contributed by atoms with Gasteiger partial charge in [-0.15, -0.1) is 0 Å². The van der Waals surface area contributed by atoms with Crippen LogP contribution in [0.4, 0.5) is 0 Å². The van der Waals surface area contributed by atoms with Crippen molar-refractivity contribution in [3.05, 3.63) is 56.5 Å². The van der Waals surface area contributed by atoms with Crippen LogP contribution in [-0.2, 0) is 4.79 Å². The Morgan fingerprint density at radius 3 is 2.75 bits per heavy atom. The van der Waals surface area contributed by atoms with Gasteiger partial charge < -0.3 is 9.47 Å². The van der Waals surface area contributed by atoms with E-state index in [1.807, 2.05) is 12.1 Å². The van der Waals surface area contributed by atoms with E-state index in [9.17, 15) is 4.79 Å². The first-order valence-corrected chi connectivity index (χ1v) is 8.28. The monoisotopic (exact) mass is 430 g/mol. The van der Waals surface area contributed by atoms with E-state index >= 15 is 0 Å². The predicted octanol–water partition coefficient (Wildman–Crippen LogP) is 4.29. The number of rotatable bonds is 6. The van der Waals surface area contributed by atoms with Gasteiger partial charge in [0.1, 0.15) is 11.5 Å². The first-order chi connectivity index (χ1) is 11.5. The van der Waals surface area contributed by atoms with Crippen molar-refractivity contribution in [2.45, 2.75) is 0 Å². The fourth-order valence-electron chi connectivity index (χ4n) is 1.71. The molecule has 5 nitrogen and oxygen atoms in total. The zero-order chi connectivity index (χ0) is 17.5. The number of nitrogens with one attached hydrogen (secondary N) is 1. The second-order valence-corrected chi connectivity index (χ2v) is 6.25. The normalized spacial score (nSPS) is 10.7. The zero-order valence-corrected chi connectivity index (χ0v) is 15.7. The van der Waals surface area contributed by atoms with Crippen molar-refractivity contribution < 1.29 is 14.3 Å². The zero-order valence-electron chi connectivity index (χ0n) is 12.6. The highest BCUT2D eigenvalue weighted by Gasteiger charge is 2.06. The minimum Gasteiger partial charge on any atom is -0.496 e. The van der Waals surface area contributed by atoms with Gasteiger partial charge in [0.25, 0.3) is 5.91 Å². The van der Waals surface area contributed by atoms with Crippen molar-refractivity contribution in [1.82, 2.24) is 5.43 Å².